The van der Waals surface area contributed by atoms with Crippen LogP contribution < -0.4 is 11.1 Å². The molecule has 0 heterocycles. The zero-order valence-corrected chi connectivity index (χ0v) is 9.33. The van der Waals surface area contributed by atoms with E-state index < -0.39 is 12.1 Å². The van der Waals surface area contributed by atoms with Gasteiger partial charge >= 0.3 is 0 Å². The number of carbonyl (C=O) groups excluding carboxylic acids is 2. The second kappa shape index (κ2) is 5.75. The molecule has 0 aliphatic rings. The Kier molecular flexibility index (Phi) is 5.38. The van der Waals surface area contributed by atoms with E-state index in [1.165, 1.54) is 6.92 Å². The van der Waals surface area contributed by atoms with Gasteiger partial charge in [-0.3, -0.25) is 9.59 Å². The van der Waals surface area contributed by atoms with E-state index in [1.807, 2.05) is 13.8 Å². The molecule has 0 bridgehead atoms. The Morgan fingerprint density at radius 3 is 2.14 bits per heavy atom. The lowest BCUT2D eigenvalue weighted by Crippen LogP contribution is -2.47. The van der Waals surface area contributed by atoms with Crippen molar-refractivity contribution in [2.75, 3.05) is 0 Å². The fourth-order valence-electron chi connectivity index (χ4n) is 1.04. The number of nitrogens with one attached hydrogen (secondary N) is 1. The minimum Gasteiger partial charge on any atom is -0.345 e. The normalized spacial score (nSPS) is 15.0. The van der Waals surface area contributed by atoms with Gasteiger partial charge in [0.25, 0.3) is 0 Å². The number of Topliss-reactive ketones (excluding diaryl/α,β-unsaturated/α-hetero) is 1. The van der Waals surface area contributed by atoms with E-state index in [9.17, 15) is 9.59 Å². The SMILES string of the molecule is CC(=O)C(C)NC(=O)C(N)CC(C)C. The van der Waals surface area contributed by atoms with Crippen molar-refractivity contribution in [2.24, 2.45) is 11.7 Å². The van der Waals surface area contributed by atoms with E-state index in [1.54, 1.807) is 6.92 Å². The van der Waals surface area contributed by atoms with Gasteiger partial charge in [0.05, 0.1) is 12.1 Å². The van der Waals surface area contributed by atoms with Crippen molar-refractivity contribution >= 4 is 11.7 Å². The van der Waals surface area contributed by atoms with Gasteiger partial charge in [-0.2, -0.15) is 0 Å². The lowest BCUT2D eigenvalue weighted by atomic mass is 10.0. The van der Waals surface area contributed by atoms with Crippen LogP contribution in [0.4, 0.5) is 0 Å². The topological polar surface area (TPSA) is 72.2 Å². The molecule has 0 rings (SSSR count). The third kappa shape index (κ3) is 4.97. The molecule has 4 heteroatoms. The monoisotopic (exact) mass is 200 g/mol. The highest BCUT2D eigenvalue weighted by molar-refractivity contribution is 5.89. The molecule has 1 amide bonds. The number of rotatable bonds is 5. The number of carbonyl (C=O) groups is 2. The number of ketones is 1. The summed E-state index contributed by atoms with van der Waals surface area (Å²) in [5.74, 6) is 0.0693. The van der Waals surface area contributed by atoms with E-state index in [2.05, 4.69) is 5.32 Å². The summed E-state index contributed by atoms with van der Waals surface area (Å²) in [6, 6.07) is -0.961. The first-order valence-corrected chi connectivity index (χ1v) is 4.91. The molecule has 0 aliphatic heterocycles. The van der Waals surface area contributed by atoms with Crippen LogP contribution in [-0.2, 0) is 9.59 Å². The molecule has 0 saturated carbocycles. The molecule has 0 aromatic heterocycles. The first-order chi connectivity index (χ1) is 6.34. The van der Waals surface area contributed by atoms with Crippen molar-refractivity contribution in [3.63, 3.8) is 0 Å². The molecule has 0 aromatic carbocycles. The van der Waals surface area contributed by atoms with Crippen LogP contribution in [0.15, 0.2) is 0 Å². The van der Waals surface area contributed by atoms with E-state index in [0.29, 0.717) is 12.3 Å². The average Bonchev–Trinajstić information content (AvgIpc) is 2.02. The van der Waals surface area contributed by atoms with Gasteiger partial charge in [-0.15, -0.1) is 0 Å². The quantitative estimate of drug-likeness (QED) is 0.677. The summed E-state index contributed by atoms with van der Waals surface area (Å²) < 4.78 is 0. The van der Waals surface area contributed by atoms with Gasteiger partial charge in [0.2, 0.25) is 5.91 Å². The number of nitrogens with two attached hydrogens (primary N) is 1. The minimum atomic E-state index is -0.517. The molecule has 2 atom stereocenters. The summed E-state index contributed by atoms with van der Waals surface area (Å²) in [5.41, 5.74) is 5.64. The Balaban J connectivity index is 4.01. The van der Waals surface area contributed by atoms with Gasteiger partial charge < -0.3 is 11.1 Å². The van der Waals surface area contributed by atoms with E-state index >= 15 is 0 Å². The minimum absolute atomic E-state index is 0.0601. The van der Waals surface area contributed by atoms with E-state index in [0.717, 1.165) is 0 Å². The molecule has 4 nitrogen and oxygen atoms in total. The molecular weight excluding hydrogens is 180 g/mol. The maximum Gasteiger partial charge on any atom is 0.237 e. The first-order valence-electron chi connectivity index (χ1n) is 4.91. The van der Waals surface area contributed by atoms with Crippen LogP contribution in [0.1, 0.15) is 34.1 Å². The molecule has 0 aliphatic carbocycles. The smallest absolute Gasteiger partial charge is 0.237 e. The highest BCUT2D eigenvalue weighted by atomic mass is 16.2. The summed E-state index contributed by atoms with van der Waals surface area (Å²) in [6.45, 7) is 7.10. The van der Waals surface area contributed by atoms with Crippen LogP contribution in [0.25, 0.3) is 0 Å². The van der Waals surface area contributed by atoms with Crippen molar-refractivity contribution in [3.05, 3.63) is 0 Å². The number of hydrogen-bond donors (Lipinski definition) is 2. The summed E-state index contributed by atoms with van der Waals surface area (Å²) in [6.07, 6.45) is 0.635. The van der Waals surface area contributed by atoms with Crippen molar-refractivity contribution in [2.45, 2.75) is 46.2 Å². The molecule has 3 N–H and O–H groups in total. The Morgan fingerprint density at radius 2 is 1.79 bits per heavy atom. The lowest BCUT2D eigenvalue weighted by Gasteiger charge is -2.16. The molecule has 0 fully saturated rings. The van der Waals surface area contributed by atoms with Crippen molar-refractivity contribution in [1.29, 1.82) is 0 Å². The molecule has 2 unspecified atom stereocenters. The fraction of sp³-hybridized carbons (Fsp3) is 0.800. The predicted octanol–water partition coefficient (Wildman–Crippen LogP) is 0.454. The van der Waals surface area contributed by atoms with Gasteiger partial charge in [-0.25, -0.2) is 0 Å². The maximum atomic E-state index is 11.4. The molecule has 0 spiro atoms. The lowest BCUT2D eigenvalue weighted by molar-refractivity contribution is -0.127. The second-order valence-corrected chi connectivity index (χ2v) is 4.08. The summed E-state index contributed by atoms with van der Waals surface area (Å²) >= 11 is 0. The van der Waals surface area contributed by atoms with Crippen molar-refractivity contribution in [1.82, 2.24) is 5.32 Å². The third-order valence-corrected chi connectivity index (χ3v) is 2.03. The Labute approximate surface area is 85.2 Å². The zero-order valence-electron chi connectivity index (χ0n) is 9.33. The zero-order chi connectivity index (χ0) is 11.3. The molecule has 82 valence electrons. The van der Waals surface area contributed by atoms with Crippen LogP contribution in [-0.4, -0.2) is 23.8 Å². The van der Waals surface area contributed by atoms with E-state index in [-0.39, 0.29) is 11.7 Å². The third-order valence-electron chi connectivity index (χ3n) is 2.03. The summed E-state index contributed by atoms with van der Waals surface area (Å²) in [5, 5.41) is 2.57. The highest BCUT2D eigenvalue weighted by Crippen LogP contribution is 2.02. The largest absolute Gasteiger partial charge is 0.345 e. The standard InChI is InChI=1S/C10H20N2O2/c1-6(2)5-9(11)10(14)12-7(3)8(4)13/h6-7,9H,5,11H2,1-4H3,(H,12,14). The summed E-state index contributed by atoms with van der Waals surface area (Å²) in [4.78, 5) is 22.3. The van der Waals surface area contributed by atoms with E-state index in [4.69, 9.17) is 5.73 Å². The number of hydrogen-bond acceptors (Lipinski definition) is 3. The van der Waals surface area contributed by atoms with Gasteiger partial charge in [0, 0.05) is 0 Å². The Morgan fingerprint density at radius 1 is 1.29 bits per heavy atom. The van der Waals surface area contributed by atoms with Crippen LogP contribution >= 0.6 is 0 Å². The Hall–Kier alpha value is -0.900. The van der Waals surface area contributed by atoms with Crippen molar-refractivity contribution in [3.8, 4) is 0 Å². The molecule has 14 heavy (non-hydrogen) atoms. The molecule has 0 saturated heterocycles. The highest BCUT2D eigenvalue weighted by Gasteiger charge is 2.18. The van der Waals surface area contributed by atoms with Crippen LogP contribution in [0, 0.1) is 5.92 Å². The molecular formula is C10H20N2O2. The van der Waals surface area contributed by atoms with Crippen molar-refractivity contribution < 1.29 is 9.59 Å². The summed E-state index contributed by atoms with van der Waals surface area (Å²) in [7, 11) is 0. The molecule has 0 aromatic rings. The first kappa shape index (κ1) is 13.1. The van der Waals surface area contributed by atoms with Crippen LogP contribution in [0.3, 0.4) is 0 Å². The second-order valence-electron chi connectivity index (χ2n) is 4.08. The van der Waals surface area contributed by atoms with Crippen LogP contribution in [0.5, 0.6) is 0 Å². The predicted molar refractivity (Wildman–Crippen MR) is 55.7 cm³/mol. The maximum absolute atomic E-state index is 11.4. The fourth-order valence-corrected chi connectivity index (χ4v) is 1.04. The van der Waals surface area contributed by atoms with Crippen LogP contribution in [0.2, 0.25) is 0 Å². The van der Waals surface area contributed by atoms with Gasteiger partial charge in [-0.1, -0.05) is 13.8 Å². The number of amides is 1. The Bertz CT molecular complexity index is 214. The average molecular weight is 200 g/mol. The van der Waals surface area contributed by atoms with Gasteiger partial charge in [0.15, 0.2) is 5.78 Å². The van der Waals surface area contributed by atoms with Gasteiger partial charge in [-0.05, 0) is 26.2 Å². The molecule has 0 radical (unpaired) electrons. The van der Waals surface area contributed by atoms with Gasteiger partial charge in [0.1, 0.15) is 0 Å².